The number of hydrogen-bond acceptors (Lipinski definition) is 5. The van der Waals surface area contributed by atoms with Crippen molar-refractivity contribution in [3.8, 4) is 22.8 Å². The standard InChI is InChI=1S/C24H16O5/c1-14-7-9-18-17(11-14)23(26)21(22(25)15-5-3-2-4-6-15)24(29-18)16-8-10-19-20(12-16)28-13-27-19/h2-12H,13H2,1H3. The first-order valence-corrected chi connectivity index (χ1v) is 9.19. The second-order valence-electron chi connectivity index (χ2n) is 6.90. The van der Waals surface area contributed by atoms with Crippen LogP contribution in [0.5, 0.6) is 11.5 Å². The van der Waals surface area contributed by atoms with Crippen molar-refractivity contribution in [2.24, 2.45) is 0 Å². The molecular weight excluding hydrogens is 368 g/mol. The molecule has 1 aliphatic rings. The molecule has 142 valence electrons. The van der Waals surface area contributed by atoms with Crippen molar-refractivity contribution in [3.05, 3.63) is 93.6 Å². The fourth-order valence-electron chi connectivity index (χ4n) is 3.49. The summed E-state index contributed by atoms with van der Waals surface area (Å²) in [6, 6.07) is 19.3. The Kier molecular flexibility index (Phi) is 3.95. The van der Waals surface area contributed by atoms with Gasteiger partial charge in [0.25, 0.3) is 0 Å². The van der Waals surface area contributed by atoms with Crippen LogP contribution in [0.1, 0.15) is 21.5 Å². The molecule has 0 atom stereocenters. The summed E-state index contributed by atoms with van der Waals surface area (Å²) in [6.07, 6.45) is 0. The molecule has 0 aliphatic carbocycles. The third-order valence-electron chi connectivity index (χ3n) is 4.94. The van der Waals surface area contributed by atoms with E-state index in [1.807, 2.05) is 19.1 Å². The van der Waals surface area contributed by atoms with Gasteiger partial charge in [-0.1, -0.05) is 42.0 Å². The van der Waals surface area contributed by atoms with Crippen LogP contribution in [-0.4, -0.2) is 12.6 Å². The third-order valence-corrected chi connectivity index (χ3v) is 4.94. The summed E-state index contributed by atoms with van der Waals surface area (Å²) < 4.78 is 16.9. The van der Waals surface area contributed by atoms with Gasteiger partial charge in [-0.05, 0) is 37.3 Å². The molecule has 2 heterocycles. The van der Waals surface area contributed by atoms with E-state index < -0.39 is 0 Å². The SMILES string of the molecule is Cc1ccc2oc(-c3ccc4c(c3)OCO4)c(C(=O)c3ccccc3)c(=O)c2c1. The lowest BCUT2D eigenvalue weighted by molar-refractivity contribution is 0.103. The summed E-state index contributed by atoms with van der Waals surface area (Å²) in [5.74, 6) is 1.00. The van der Waals surface area contributed by atoms with E-state index in [1.165, 1.54) is 0 Å². The minimum atomic E-state index is -0.379. The lowest BCUT2D eigenvalue weighted by Crippen LogP contribution is -2.18. The molecule has 0 bridgehead atoms. The van der Waals surface area contributed by atoms with Gasteiger partial charge in [0.15, 0.2) is 11.5 Å². The highest BCUT2D eigenvalue weighted by atomic mass is 16.7. The zero-order valence-electron chi connectivity index (χ0n) is 15.6. The Labute approximate surface area is 166 Å². The van der Waals surface area contributed by atoms with Gasteiger partial charge in [0, 0.05) is 11.1 Å². The fraction of sp³-hybridized carbons (Fsp3) is 0.0833. The first-order chi connectivity index (χ1) is 14.1. The van der Waals surface area contributed by atoms with Gasteiger partial charge in [-0.3, -0.25) is 9.59 Å². The van der Waals surface area contributed by atoms with Crippen molar-refractivity contribution < 1.29 is 18.7 Å². The highest BCUT2D eigenvalue weighted by molar-refractivity contribution is 6.13. The van der Waals surface area contributed by atoms with E-state index >= 15 is 0 Å². The van der Waals surface area contributed by atoms with E-state index in [2.05, 4.69) is 0 Å². The van der Waals surface area contributed by atoms with Crippen LogP contribution in [0.25, 0.3) is 22.3 Å². The maximum absolute atomic E-state index is 13.4. The highest BCUT2D eigenvalue weighted by Crippen LogP contribution is 2.37. The minimum absolute atomic E-state index is 0.00756. The molecule has 0 spiro atoms. The molecule has 0 N–H and O–H groups in total. The maximum atomic E-state index is 13.4. The van der Waals surface area contributed by atoms with Gasteiger partial charge in [-0.15, -0.1) is 0 Å². The average molecular weight is 384 g/mol. The number of aryl methyl sites for hydroxylation is 1. The second-order valence-corrected chi connectivity index (χ2v) is 6.90. The van der Waals surface area contributed by atoms with E-state index in [0.29, 0.717) is 33.6 Å². The van der Waals surface area contributed by atoms with E-state index in [1.54, 1.807) is 54.6 Å². The van der Waals surface area contributed by atoms with Crippen LogP contribution in [0.15, 0.2) is 75.9 Å². The number of carbonyl (C=O) groups is 1. The molecule has 0 saturated carbocycles. The van der Waals surface area contributed by atoms with E-state index in [9.17, 15) is 9.59 Å². The Bertz CT molecular complexity index is 1320. The normalized spacial score (nSPS) is 12.3. The Hall–Kier alpha value is -3.86. The monoisotopic (exact) mass is 384 g/mol. The number of benzene rings is 3. The molecule has 4 aromatic rings. The van der Waals surface area contributed by atoms with Gasteiger partial charge in [-0.25, -0.2) is 0 Å². The Balaban J connectivity index is 1.81. The molecule has 1 aromatic heterocycles. The molecule has 5 nitrogen and oxygen atoms in total. The number of fused-ring (bicyclic) bond motifs is 2. The van der Waals surface area contributed by atoms with Crippen molar-refractivity contribution in [2.75, 3.05) is 6.79 Å². The summed E-state index contributed by atoms with van der Waals surface area (Å²) in [6.45, 7) is 2.03. The first-order valence-electron chi connectivity index (χ1n) is 9.19. The topological polar surface area (TPSA) is 65.7 Å². The molecule has 0 saturated heterocycles. The Morgan fingerprint density at radius 2 is 1.69 bits per heavy atom. The van der Waals surface area contributed by atoms with Crippen LogP contribution >= 0.6 is 0 Å². The van der Waals surface area contributed by atoms with Crippen molar-refractivity contribution in [1.29, 1.82) is 0 Å². The molecule has 0 unspecified atom stereocenters. The smallest absolute Gasteiger partial charge is 0.231 e. The first kappa shape index (κ1) is 17.3. The summed E-state index contributed by atoms with van der Waals surface area (Å²) in [5.41, 5.74) is 2.00. The lowest BCUT2D eigenvalue weighted by atomic mass is 9.97. The zero-order chi connectivity index (χ0) is 20.0. The van der Waals surface area contributed by atoms with Crippen molar-refractivity contribution >= 4 is 16.8 Å². The van der Waals surface area contributed by atoms with Crippen molar-refractivity contribution in [2.45, 2.75) is 6.92 Å². The molecule has 0 radical (unpaired) electrons. The van der Waals surface area contributed by atoms with Gasteiger partial charge in [0.2, 0.25) is 18.0 Å². The minimum Gasteiger partial charge on any atom is -0.455 e. The summed E-state index contributed by atoms with van der Waals surface area (Å²) in [7, 11) is 0. The molecule has 5 rings (SSSR count). The van der Waals surface area contributed by atoms with Crippen LogP contribution in [0.3, 0.4) is 0 Å². The van der Waals surface area contributed by atoms with Gasteiger partial charge < -0.3 is 13.9 Å². The van der Waals surface area contributed by atoms with Crippen LogP contribution in [0.2, 0.25) is 0 Å². The van der Waals surface area contributed by atoms with Crippen LogP contribution < -0.4 is 14.9 Å². The number of rotatable bonds is 3. The third kappa shape index (κ3) is 2.88. The van der Waals surface area contributed by atoms with Crippen LogP contribution in [0.4, 0.5) is 0 Å². The van der Waals surface area contributed by atoms with E-state index in [4.69, 9.17) is 13.9 Å². The van der Waals surface area contributed by atoms with Gasteiger partial charge >= 0.3 is 0 Å². The molecule has 0 amide bonds. The van der Waals surface area contributed by atoms with Gasteiger partial charge in [-0.2, -0.15) is 0 Å². The summed E-state index contributed by atoms with van der Waals surface area (Å²) >= 11 is 0. The quantitative estimate of drug-likeness (QED) is 0.478. The Morgan fingerprint density at radius 1 is 0.897 bits per heavy atom. The molecule has 5 heteroatoms. The van der Waals surface area contributed by atoms with Crippen LogP contribution in [-0.2, 0) is 0 Å². The predicted molar refractivity (Wildman–Crippen MR) is 109 cm³/mol. The molecule has 1 aliphatic heterocycles. The maximum Gasteiger partial charge on any atom is 0.231 e. The molecule has 0 fully saturated rings. The number of ether oxygens (including phenoxy) is 2. The predicted octanol–water partition coefficient (Wildman–Crippen LogP) is 4.73. The molecule has 3 aromatic carbocycles. The highest BCUT2D eigenvalue weighted by Gasteiger charge is 2.25. The second kappa shape index (κ2) is 6.63. The summed E-state index contributed by atoms with van der Waals surface area (Å²) in [5, 5.41) is 0.383. The number of carbonyl (C=O) groups excluding carboxylic acids is 1. The van der Waals surface area contributed by atoms with Gasteiger partial charge in [0.05, 0.1) is 5.39 Å². The van der Waals surface area contributed by atoms with Gasteiger partial charge in [0.1, 0.15) is 16.9 Å². The largest absolute Gasteiger partial charge is 0.455 e. The lowest BCUT2D eigenvalue weighted by Gasteiger charge is -2.11. The molecular formula is C24H16O5. The van der Waals surface area contributed by atoms with Crippen molar-refractivity contribution in [1.82, 2.24) is 0 Å². The zero-order valence-corrected chi connectivity index (χ0v) is 15.6. The number of ketones is 1. The van der Waals surface area contributed by atoms with Crippen LogP contribution in [0, 0.1) is 6.92 Å². The van der Waals surface area contributed by atoms with E-state index in [0.717, 1.165) is 5.56 Å². The van der Waals surface area contributed by atoms with Crippen molar-refractivity contribution in [3.63, 3.8) is 0 Å². The fourth-order valence-corrected chi connectivity index (χ4v) is 3.49. The summed E-state index contributed by atoms with van der Waals surface area (Å²) in [4.78, 5) is 26.7. The molecule has 29 heavy (non-hydrogen) atoms. The Morgan fingerprint density at radius 3 is 2.52 bits per heavy atom. The van der Waals surface area contributed by atoms with E-state index in [-0.39, 0.29) is 29.3 Å². The number of hydrogen-bond donors (Lipinski definition) is 0. The average Bonchev–Trinajstić information content (AvgIpc) is 3.22.